The van der Waals surface area contributed by atoms with Crippen LogP contribution in [-0.4, -0.2) is 29.3 Å². The van der Waals surface area contributed by atoms with E-state index < -0.39 is 16.0 Å². The highest BCUT2D eigenvalue weighted by molar-refractivity contribution is 7.92. The van der Waals surface area contributed by atoms with Gasteiger partial charge in [0.2, 0.25) is 0 Å². The van der Waals surface area contributed by atoms with E-state index in [-0.39, 0.29) is 17.9 Å². The Balaban J connectivity index is 2.33. The van der Waals surface area contributed by atoms with E-state index in [9.17, 15) is 13.2 Å². The minimum atomic E-state index is -3.74. The highest BCUT2D eigenvalue weighted by Gasteiger charge is 2.25. The van der Waals surface area contributed by atoms with Gasteiger partial charge in [0.25, 0.3) is 10.0 Å². The quantitative estimate of drug-likeness (QED) is 0.842. The second kappa shape index (κ2) is 5.86. The molecule has 0 unspecified atom stereocenters. The summed E-state index contributed by atoms with van der Waals surface area (Å²) < 4.78 is 28.7. The summed E-state index contributed by atoms with van der Waals surface area (Å²) in [6, 6.07) is 1.67. The van der Waals surface area contributed by atoms with Gasteiger partial charge in [-0.15, -0.1) is 0 Å². The van der Waals surface area contributed by atoms with Crippen molar-refractivity contribution in [2.45, 2.75) is 31.7 Å². The van der Waals surface area contributed by atoms with Crippen LogP contribution >= 0.6 is 11.3 Å². The maximum absolute atomic E-state index is 12.4. The third-order valence-corrected chi connectivity index (χ3v) is 5.21. The van der Waals surface area contributed by atoms with Crippen molar-refractivity contribution in [3.05, 3.63) is 28.2 Å². The molecule has 114 valence electrons. The van der Waals surface area contributed by atoms with Crippen molar-refractivity contribution < 1.29 is 18.3 Å². The number of rotatable bonds is 6. The number of carboxylic acid groups (broad SMARTS) is 1. The van der Waals surface area contributed by atoms with Crippen LogP contribution in [-0.2, 0) is 21.4 Å². The summed E-state index contributed by atoms with van der Waals surface area (Å²) in [5.74, 6) is -0.955. The van der Waals surface area contributed by atoms with Crippen molar-refractivity contribution in [2.75, 3.05) is 4.72 Å². The first-order chi connectivity index (χ1) is 9.81. The zero-order valence-electron chi connectivity index (χ0n) is 11.5. The zero-order valence-corrected chi connectivity index (χ0v) is 13.2. The van der Waals surface area contributed by atoms with Crippen molar-refractivity contribution in [2.24, 2.45) is 0 Å². The van der Waals surface area contributed by atoms with Gasteiger partial charge in [-0.3, -0.25) is 14.2 Å². The minimum absolute atomic E-state index is 0.0964. The van der Waals surface area contributed by atoms with Crippen molar-refractivity contribution >= 4 is 33.0 Å². The number of thiophene rings is 1. The van der Waals surface area contributed by atoms with Crippen LogP contribution in [0.5, 0.6) is 0 Å². The van der Waals surface area contributed by atoms with Gasteiger partial charge in [-0.1, -0.05) is 0 Å². The summed E-state index contributed by atoms with van der Waals surface area (Å²) in [4.78, 5) is 10.7. The normalized spacial score (nSPS) is 11.5. The van der Waals surface area contributed by atoms with Gasteiger partial charge in [0.1, 0.15) is 4.90 Å². The largest absolute Gasteiger partial charge is 0.481 e. The maximum atomic E-state index is 12.4. The van der Waals surface area contributed by atoms with Crippen LogP contribution < -0.4 is 4.72 Å². The summed E-state index contributed by atoms with van der Waals surface area (Å²) in [6.07, 6.45) is -0.112. The summed E-state index contributed by atoms with van der Waals surface area (Å²) in [5.41, 5.74) is 1.27. The first-order valence-electron chi connectivity index (χ1n) is 6.12. The average Bonchev–Trinajstić information content (AvgIpc) is 2.94. The monoisotopic (exact) mass is 329 g/mol. The van der Waals surface area contributed by atoms with Crippen LogP contribution in [0, 0.1) is 13.8 Å². The average molecular weight is 329 g/mol. The number of hydrogen-bond donors (Lipinski definition) is 2. The molecular weight excluding hydrogens is 314 g/mol. The maximum Gasteiger partial charge on any atom is 0.305 e. The lowest BCUT2D eigenvalue weighted by Gasteiger charge is -2.07. The Morgan fingerprint density at radius 1 is 1.48 bits per heavy atom. The van der Waals surface area contributed by atoms with Gasteiger partial charge >= 0.3 is 5.97 Å². The second-order valence-corrected chi connectivity index (χ2v) is 6.88. The topological polar surface area (TPSA) is 101 Å². The Hall–Kier alpha value is -1.87. The van der Waals surface area contributed by atoms with Crippen molar-refractivity contribution in [3.63, 3.8) is 0 Å². The summed E-state index contributed by atoms with van der Waals surface area (Å²) in [5, 5.41) is 16.3. The van der Waals surface area contributed by atoms with Crippen molar-refractivity contribution in [3.8, 4) is 0 Å². The SMILES string of the molecule is Cc1nn(CCC(=O)O)c(C)c1S(=O)(=O)Nc1ccsc1. The lowest BCUT2D eigenvalue weighted by Crippen LogP contribution is -2.15. The van der Waals surface area contributed by atoms with Gasteiger partial charge in [0, 0.05) is 5.38 Å². The first kappa shape index (κ1) is 15.5. The van der Waals surface area contributed by atoms with Gasteiger partial charge < -0.3 is 5.11 Å². The number of carboxylic acids is 1. The number of nitrogens with zero attached hydrogens (tertiary/aromatic N) is 2. The molecule has 2 aromatic heterocycles. The number of anilines is 1. The van der Waals surface area contributed by atoms with E-state index in [1.807, 2.05) is 0 Å². The molecule has 21 heavy (non-hydrogen) atoms. The zero-order chi connectivity index (χ0) is 15.6. The molecule has 7 nitrogen and oxygen atoms in total. The molecule has 2 N–H and O–H groups in total. The van der Waals surface area contributed by atoms with Gasteiger partial charge in [-0.25, -0.2) is 8.42 Å². The number of sulfonamides is 1. The molecule has 0 aliphatic carbocycles. The highest BCUT2D eigenvalue weighted by atomic mass is 32.2. The Labute approximate surface area is 126 Å². The van der Waals surface area contributed by atoms with E-state index in [1.165, 1.54) is 16.0 Å². The Kier molecular flexibility index (Phi) is 4.33. The Morgan fingerprint density at radius 3 is 2.76 bits per heavy atom. The van der Waals surface area contributed by atoms with E-state index >= 15 is 0 Å². The van der Waals surface area contributed by atoms with Gasteiger partial charge in [-0.05, 0) is 25.3 Å². The summed E-state index contributed by atoms with van der Waals surface area (Å²) in [7, 11) is -3.74. The fourth-order valence-corrected chi connectivity index (χ4v) is 4.14. The number of aromatic nitrogens is 2. The third kappa shape index (κ3) is 3.42. The molecule has 0 spiro atoms. The summed E-state index contributed by atoms with van der Waals surface area (Å²) in [6.45, 7) is 3.34. The van der Waals surface area contributed by atoms with E-state index in [1.54, 1.807) is 30.7 Å². The lowest BCUT2D eigenvalue weighted by molar-refractivity contribution is -0.137. The molecule has 0 bridgehead atoms. The first-order valence-corrected chi connectivity index (χ1v) is 8.54. The molecule has 0 fully saturated rings. The van der Waals surface area contributed by atoms with E-state index in [0.29, 0.717) is 17.1 Å². The minimum Gasteiger partial charge on any atom is -0.481 e. The molecule has 0 atom stereocenters. The Bertz CT molecular complexity index is 748. The van der Waals surface area contributed by atoms with E-state index in [2.05, 4.69) is 9.82 Å². The molecule has 0 amide bonds. The van der Waals surface area contributed by atoms with Crippen LogP contribution in [0.25, 0.3) is 0 Å². The predicted molar refractivity (Wildman–Crippen MR) is 79.1 cm³/mol. The van der Waals surface area contributed by atoms with Crippen LogP contribution in [0.3, 0.4) is 0 Å². The molecule has 2 heterocycles. The number of carbonyl (C=O) groups is 1. The van der Waals surface area contributed by atoms with E-state index in [4.69, 9.17) is 5.11 Å². The fraction of sp³-hybridized carbons (Fsp3) is 0.333. The van der Waals surface area contributed by atoms with Gasteiger partial charge in [-0.2, -0.15) is 16.4 Å². The van der Waals surface area contributed by atoms with Gasteiger partial charge in [0.15, 0.2) is 0 Å². The van der Waals surface area contributed by atoms with Crippen LogP contribution in [0.2, 0.25) is 0 Å². The van der Waals surface area contributed by atoms with Crippen molar-refractivity contribution in [1.82, 2.24) is 9.78 Å². The number of nitrogens with one attached hydrogen (secondary N) is 1. The van der Waals surface area contributed by atoms with Crippen LogP contribution in [0.4, 0.5) is 5.69 Å². The second-order valence-electron chi connectivity index (χ2n) is 4.48. The standard InChI is InChI=1S/C12H15N3O4S2/c1-8-12(9(2)15(13-8)5-3-11(16)17)21(18,19)14-10-4-6-20-7-10/h4,6-7,14H,3,5H2,1-2H3,(H,16,17). The molecule has 2 rings (SSSR count). The predicted octanol–water partition coefficient (Wildman–Crippen LogP) is 1.84. The number of hydrogen-bond acceptors (Lipinski definition) is 5. The smallest absolute Gasteiger partial charge is 0.305 e. The lowest BCUT2D eigenvalue weighted by atomic mass is 10.4. The van der Waals surface area contributed by atoms with Crippen LogP contribution in [0.1, 0.15) is 17.8 Å². The molecule has 9 heteroatoms. The molecule has 0 saturated carbocycles. The van der Waals surface area contributed by atoms with E-state index in [0.717, 1.165) is 0 Å². The molecule has 0 radical (unpaired) electrons. The highest BCUT2D eigenvalue weighted by Crippen LogP contribution is 2.23. The fourth-order valence-electron chi connectivity index (χ4n) is 2.02. The third-order valence-electron chi connectivity index (χ3n) is 2.89. The Morgan fingerprint density at radius 2 is 2.19 bits per heavy atom. The molecular formula is C12H15N3O4S2. The van der Waals surface area contributed by atoms with Gasteiger partial charge in [0.05, 0.1) is 30.0 Å². The number of aryl methyl sites for hydroxylation is 2. The number of aliphatic carboxylic acids is 1. The molecule has 0 aliphatic rings. The summed E-state index contributed by atoms with van der Waals surface area (Å²) >= 11 is 1.39. The van der Waals surface area contributed by atoms with Crippen molar-refractivity contribution in [1.29, 1.82) is 0 Å². The molecule has 0 aromatic carbocycles. The molecule has 0 aliphatic heterocycles. The molecule has 2 aromatic rings. The van der Waals surface area contributed by atoms with Crippen LogP contribution in [0.15, 0.2) is 21.7 Å². The molecule has 0 saturated heterocycles.